The second-order valence-corrected chi connectivity index (χ2v) is 8.20. The van der Waals surface area contributed by atoms with E-state index >= 15 is 0 Å². The van der Waals surface area contributed by atoms with Crippen molar-refractivity contribution in [1.82, 2.24) is 0 Å². The fourth-order valence-electron chi connectivity index (χ4n) is 2.07. The molecule has 0 bridgehead atoms. The van der Waals surface area contributed by atoms with Crippen LogP contribution in [0.4, 0.5) is 5.69 Å². The molecule has 0 atom stereocenters. The van der Waals surface area contributed by atoms with Gasteiger partial charge in [-0.1, -0.05) is 53.7 Å². The van der Waals surface area contributed by atoms with Crippen LogP contribution in [-0.4, -0.2) is 8.42 Å². The van der Waals surface area contributed by atoms with Gasteiger partial charge in [0.25, 0.3) is 10.0 Å². The first-order valence-electron chi connectivity index (χ1n) is 7.15. The van der Waals surface area contributed by atoms with Crippen LogP contribution in [-0.2, 0) is 10.0 Å². The van der Waals surface area contributed by atoms with Gasteiger partial charge in [-0.15, -0.1) is 0 Å². The van der Waals surface area contributed by atoms with E-state index in [9.17, 15) is 8.42 Å². The van der Waals surface area contributed by atoms with Crippen molar-refractivity contribution in [2.75, 3.05) is 4.72 Å². The van der Waals surface area contributed by atoms with E-state index in [0.29, 0.717) is 10.7 Å². The molecule has 1 N–H and O–H groups in total. The molecule has 3 rings (SSSR count). The van der Waals surface area contributed by atoms with Crippen molar-refractivity contribution in [3.05, 3.63) is 83.9 Å². The van der Waals surface area contributed by atoms with Crippen LogP contribution in [0.25, 0.3) is 0 Å². The Labute approximate surface area is 150 Å². The zero-order valence-electron chi connectivity index (χ0n) is 12.5. The summed E-state index contributed by atoms with van der Waals surface area (Å²) in [6.07, 6.45) is 0. The summed E-state index contributed by atoms with van der Waals surface area (Å²) < 4.78 is 27.8. The second kappa shape index (κ2) is 7.30. The van der Waals surface area contributed by atoms with Gasteiger partial charge in [0.2, 0.25) is 0 Å². The highest BCUT2D eigenvalue weighted by atomic mass is 35.5. The molecule has 122 valence electrons. The number of hydrogen-bond donors (Lipinski definition) is 1. The number of halogens is 1. The molecule has 0 unspecified atom stereocenters. The Morgan fingerprint density at radius 3 is 2.12 bits per heavy atom. The SMILES string of the molecule is O=S(=O)(Nc1ccccc1Sc1ccccc1)c1ccc(Cl)cc1. The molecular formula is C18H14ClNO2S2. The van der Waals surface area contributed by atoms with Gasteiger partial charge in [-0.25, -0.2) is 8.42 Å². The van der Waals surface area contributed by atoms with Crippen molar-refractivity contribution >= 4 is 39.1 Å². The predicted octanol–water partition coefficient (Wildman–Crippen LogP) is 5.29. The minimum Gasteiger partial charge on any atom is -0.278 e. The largest absolute Gasteiger partial charge is 0.278 e. The maximum Gasteiger partial charge on any atom is 0.261 e. The summed E-state index contributed by atoms with van der Waals surface area (Å²) >= 11 is 7.32. The maximum absolute atomic E-state index is 12.6. The van der Waals surface area contributed by atoms with Crippen LogP contribution < -0.4 is 4.72 Å². The highest BCUT2D eigenvalue weighted by Crippen LogP contribution is 2.34. The third kappa shape index (κ3) is 4.12. The molecule has 0 radical (unpaired) electrons. The lowest BCUT2D eigenvalue weighted by atomic mass is 10.3. The summed E-state index contributed by atoms with van der Waals surface area (Å²) in [6.45, 7) is 0. The van der Waals surface area contributed by atoms with Gasteiger partial charge >= 0.3 is 0 Å². The lowest BCUT2D eigenvalue weighted by Gasteiger charge is -2.12. The number of sulfonamides is 1. The molecule has 3 aromatic carbocycles. The first-order chi connectivity index (χ1) is 11.5. The number of benzene rings is 3. The van der Waals surface area contributed by atoms with Crippen molar-refractivity contribution < 1.29 is 8.42 Å². The van der Waals surface area contributed by atoms with E-state index in [-0.39, 0.29) is 4.90 Å². The standard InChI is InChI=1S/C18H14ClNO2S2/c19-14-10-12-16(13-11-14)24(21,22)20-17-8-4-5-9-18(17)23-15-6-2-1-3-7-15/h1-13,20H. The Morgan fingerprint density at radius 1 is 0.792 bits per heavy atom. The molecule has 24 heavy (non-hydrogen) atoms. The topological polar surface area (TPSA) is 46.2 Å². The van der Waals surface area contributed by atoms with Gasteiger partial charge in [0.1, 0.15) is 0 Å². The lowest BCUT2D eigenvalue weighted by molar-refractivity contribution is 0.601. The molecule has 0 amide bonds. The fourth-order valence-corrected chi connectivity index (χ4v) is 4.27. The maximum atomic E-state index is 12.6. The Balaban J connectivity index is 1.89. The van der Waals surface area contributed by atoms with Gasteiger partial charge < -0.3 is 0 Å². The summed E-state index contributed by atoms with van der Waals surface area (Å²) in [5.74, 6) is 0. The molecule has 3 aromatic rings. The van der Waals surface area contributed by atoms with E-state index in [1.54, 1.807) is 24.3 Å². The molecule has 0 spiro atoms. The van der Waals surface area contributed by atoms with E-state index in [2.05, 4.69) is 4.72 Å². The van der Waals surface area contributed by atoms with E-state index < -0.39 is 10.0 Å². The van der Waals surface area contributed by atoms with Crippen LogP contribution in [0.15, 0.2) is 93.5 Å². The Bertz CT molecular complexity index is 927. The molecular weight excluding hydrogens is 362 g/mol. The molecule has 0 aliphatic heterocycles. The van der Waals surface area contributed by atoms with Crippen LogP contribution in [0.3, 0.4) is 0 Å². The first kappa shape index (κ1) is 16.9. The summed E-state index contributed by atoms with van der Waals surface area (Å²) in [7, 11) is -3.67. The van der Waals surface area contributed by atoms with Crippen molar-refractivity contribution in [3.8, 4) is 0 Å². The third-order valence-electron chi connectivity index (χ3n) is 3.23. The van der Waals surface area contributed by atoms with E-state index in [1.165, 1.54) is 23.9 Å². The summed E-state index contributed by atoms with van der Waals surface area (Å²) in [5, 5.41) is 0.494. The number of anilines is 1. The molecule has 0 saturated heterocycles. The van der Waals surface area contributed by atoms with Crippen LogP contribution in [0.5, 0.6) is 0 Å². The zero-order chi connectivity index (χ0) is 17.0. The van der Waals surface area contributed by atoms with E-state index in [1.807, 2.05) is 42.5 Å². The highest BCUT2D eigenvalue weighted by Gasteiger charge is 2.16. The highest BCUT2D eigenvalue weighted by molar-refractivity contribution is 7.99. The van der Waals surface area contributed by atoms with Crippen molar-refractivity contribution in [2.45, 2.75) is 14.7 Å². The lowest BCUT2D eigenvalue weighted by Crippen LogP contribution is -2.13. The normalized spacial score (nSPS) is 11.2. The van der Waals surface area contributed by atoms with Crippen molar-refractivity contribution in [2.24, 2.45) is 0 Å². The molecule has 0 aliphatic carbocycles. The molecule has 0 heterocycles. The van der Waals surface area contributed by atoms with E-state index in [0.717, 1.165) is 9.79 Å². The quantitative estimate of drug-likeness (QED) is 0.658. The summed E-state index contributed by atoms with van der Waals surface area (Å²) in [6, 6.07) is 23.2. The second-order valence-electron chi connectivity index (χ2n) is 4.97. The third-order valence-corrected chi connectivity index (χ3v) is 5.94. The smallest absolute Gasteiger partial charge is 0.261 e. The molecule has 6 heteroatoms. The number of rotatable bonds is 5. The van der Waals surface area contributed by atoms with Gasteiger partial charge in [-0.2, -0.15) is 0 Å². The molecule has 0 fully saturated rings. The van der Waals surface area contributed by atoms with Gasteiger partial charge in [0, 0.05) is 14.8 Å². The van der Waals surface area contributed by atoms with Crippen LogP contribution >= 0.6 is 23.4 Å². The van der Waals surface area contributed by atoms with Crippen LogP contribution in [0.2, 0.25) is 5.02 Å². The van der Waals surface area contributed by atoms with E-state index in [4.69, 9.17) is 11.6 Å². The molecule has 0 saturated carbocycles. The molecule has 0 aromatic heterocycles. The van der Waals surface area contributed by atoms with Crippen LogP contribution in [0.1, 0.15) is 0 Å². The van der Waals surface area contributed by atoms with Crippen molar-refractivity contribution in [3.63, 3.8) is 0 Å². The first-order valence-corrected chi connectivity index (χ1v) is 9.83. The van der Waals surface area contributed by atoms with Gasteiger partial charge in [-0.05, 0) is 48.5 Å². The van der Waals surface area contributed by atoms with Gasteiger partial charge in [0.05, 0.1) is 10.6 Å². The fraction of sp³-hybridized carbons (Fsp3) is 0. The zero-order valence-corrected chi connectivity index (χ0v) is 14.9. The minimum absolute atomic E-state index is 0.173. The Hall–Kier alpha value is -1.95. The molecule has 0 aliphatic rings. The average Bonchev–Trinajstić information content (AvgIpc) is 2.58. The van der Waals surface area contributed by atoms with Crippen LogP contribution in [0, 0.1) is 0 Å². The van der Waals surface area contributed by atoms with Gasteiger partial charge in [-0.3, -0.25) is 4.72 Å². The summed E-state index contributed by atoms with van der Waals surface area (Å²) in [5.41, 5.74) is 0.543. The average molecular weight is 376 g/mol. The van der Waals surface area contributed by atoms with Crippen molar-refractivity contribution in [1.29, 1.82) is 0 Å². The van der Waals surface area contributed by atoms with Gasteiger partial charge in [0.15, 0.2) is 0 Å². The Morgan fingerprint density at radius 2 is 1.42 bits per heavy atom. The number of hydrogen-bond acceptors (Lipinski definition) is 3. The predicted molar refractivity (Wildman–Crippen MR) is 99.3 cm³/mol. The minimum atomic E-state index is -3.67. The number of nitrogens with one attached hydrogen (secondary N) is 1. The molecule has 3 nitrogen and oxygen atoms in total. The Kier molecular flexibility index (Phi) is 5.14. The summed E-state index contributed by atoms with van der Waals surface area (Å²) in [4.78, 5) is 2.04. The number of para-hydroxylation sites is 1. The monoisotopic (exact) mass is 375 g/mol.